The standard InChI is InChI=1S/C30H52O/c1-19(2)20(3)9-10-21(4)23-13-17-30(8)26-12-11-24-22(5)27(31)15-16-28(24,6)25(26)14-18-29(23,30)7/h14,19-24,26-27,31H,9-13,15-18H2,1-8H3/t20?,21-,22+,23-,24+,26-,27+,28+,29-,30+/m1/s1. The van der Waals surface area contributed by atoms with Gasteiger partial charge in [-0.25, -0.2) is 0 Å². The predicted octanol–water partition coefficient (Wildman–Crippen LogP) is 8.27. The van der Waals surface area contributed by atoms with Gasteiger partial charge in [0.05, 0.1) is 6.10 Å². The van der Waals surface area contributed by atoms with Crippen molar-refractivity contribution in [3.8, 4) is 0 Å². The molecular weight excluding hydrogens is 376 g/mol. The highest BCUT2D eigenvalue weighted by Crippen LogP contribution is 2.72. The summed E-state index contributed by atoms with van der Waals surface area (Å²) in [7, 11) is 0. The van der Waals surface area contributed by atoms with Crippen LogP contribution in [-0.4, -0.2) is 11.2 Å². The van der Waals surface area contributed by atoms with Crippen molar-refractivity contribution in [3.63, 3.8) is 0 Å². The minimum absolute atomic E-state index is 0.0791. The van der Waals surface area contributed by atoms with Crippen LogP contribution in [0.15, 0.2) is 11.6 Å². The van der Waals surface area contributed by atoms with E-state index in [9.17, 15) is 5.11 Å². The Bertz CT molecular complexity index is 693. The van der Waals surface area contributed by atoms with E-state index < -0.39 is 0 Å². The van der Waals surface area contributed by atoms with Crippen LogP contribution in [0.2, 0.25) is 0 Å². The molecule has 3 fully saturated rings. The molecule has 0 heterocycles. The molecule has 178 valence electrons. The van der Waals surface area contributed by atoms with Crippen molar-refractivity contribution in [1.29, 1.82) is 0 Å². The van der Waals surface area contributed by atoms with E-state index in [1.54, 1.807) is 0 Å². The summed E-state index contributed by atoms with van der Waals surface area (Å²) in [6, 6.07) is 0. The fraction of sp³-hybridized carbons (Fsp3) is 0.933. The quantitative estimate of drug-likeness (QED) is 0.437. The fourth-order valence-electron chi connectivity index (χ4n) is 9.36. The third-order valence-corrected chi connectivity index (χ3v) is 12.3. The molecule has 1 heteroatoms. The molecule has 1 nitrogen and oxygen atoms in total. The monoisotopic (exact) mass is 428 g/mol. The Morgan fingerprint density at radius 3 is 2.32 bits per heavy atom. The molecule has 4 aliphatic rings. The number of fused-ring (bicyclic) bond motifs is 5. The SMILES string of the molecule is CC(C)C(C)CC[C@@H](C)[C@H]1CC[C@@]2(C)[C@@H]3CC[C@H]4[C@H](C)[C@@H](O)CC[C@]4(C)C3=CC[C@]12C. The van der Waals surface area contributed by atoms with Gasteiger partial charge in [-0.2, -0.15) is 0 Å². The molecule has 0 bridgehead atoms. The Balaban J connectivity index is 1.58. The van der Waals surface area contributed by atoms with E-state index in [2.05, 4.69) is 61.5 Å². The number of allylic oxidation sites excluding steroid dienone is 2. The van der Waals surface area contributed by atoms with Crippen molar-refractivity contribution in [2.75, 3.05) is 0 Å². The molecule has 0 spiro atoms. The molecule has 0 aliphatic heterocycles. The maximum Gasteiger partial charge on any atom is 0.0569 e. The normalized spacial score (nSPS) is 49.1. The summed E-state index contributed by atoms with van der Waals surface area (Å²) in [6.45, 7) is 20.1. The lowest BCUT2D eigenvalue weighted by atomic mass is 9.43. The molecule has 4 rings (SSSR count). The van der Waals surface area contributed by atoms with Crippen LogP contribution < -0.4 is 0 Å². The van der Waals surface area contributed by atoms with Gasteiger partial charge in [-0.3, -0.25) is 0 Å². The van der Waals surface area contributed by atoms with Gasteiger partial charge in [-0.05, 0) is 103 Å². The van der Waals surface area contributed by atoms with Gasteiger partial charge >= 0.3 is 0 Å². The van der Waals surface area contributed by atoms with E-state index in [0.717, 1.165) is 36.0 Å². The summed E-state index contributed by atoms with van der Waals surface area (Å²) in [4.78, 5) is 0. The van der Waals surface area contributed by atoms with Gasteiger partial charge in [-0.15, -0.1) is 0 Å². The molecule has 0 aromatic rings. The Kier molecular flexibility index (Phi) is 6.29. The van der Waals surface area contributed by atoms with Gasteiger partial charge in [0.2, 0.25) is 0 Å². The minimum atomic E-state index is -0.0791. The molecule has 0 saturated heterocycles. The lowest BCUT2D eigenvalue weighted by Crippen LogP contribution is -2.55. The first-order valence-corrected chi connectivity index (χ1v) is 13.8. The molecule has 31 heavy (non-hydrogen) atoms. The van der Waals surface area contributed by atoms with Gasteiger partial charge in [0, 0.05) is 0 Å². The summed E-state index contributed by atoms with van der Waals surface area (Å²) >= 11 is 0. The van der Waals surface area contributed by atoms with E-state index in [1.807, 2.05) is 5.57 Å². The highest BCUT2D eigenvalue weighted by atomic mass is 16.3. The molecule has 0 radical (unpaired) electrons. The number of aliphatic hydroxyl groups excluding tert-OH is 1. The van der Waals surface area contributed by atoms with E-state index >= 15 is 0 Å². The number of hydrogen-bond donors (Lipinski definition) is 1. The average Bonchev–Trinajstić information content (AvgIpc) is 3.00. The van der Waals surface area contributed by atoms with E-state index in [0.29, 0.717) is 28.1 Å². The zero-order valence-corrected chi connectivity index (χ0v) is 22.0. The highest BCUT2D eigenvalue weighted by molar-refractivity contribution is 5.32. The number of rotatable bonds is 5. The van der Waals surface area contributed by atoms with Crippen molar-refractivity contribution >= 4 is 0 Å². The topological polar surface area (TPSA) is 20.2 Å². The van der Waals surface area contributed by atoms with Crippen molar-refractivity contribution < 1.29 is 5.11 Å². The van der Waals surface area contributed by atoms with Crippen LogP contribution in [-0.2, 0) is 0 Å². The van der Waals surface area contributed by atoms with E-state index in [-0.39, 0.29) is 6.10 Å². The largest absolute Gasteiger partial charge is 0.393 e. The summed E-state index contributed by atoms with van der Waals surface area (Å²) in [5, 5.41) is 10.6. The van der Waals surface area contributed by atoms with Crippen LogP contribution >= 0.6 is 0 Å². The number of aliphatic hydroxyl groups is 1. The van der Waals surface area contributed by atoms with E-state index in [4.69, 9.17) is 0 Å². The van der Waals surface area contributed by atoms with Gasteiger partial charge in [0.1, 0.15) is 0 Å². The maximum atomic E-state index is 10.6. The average molecular weight is 429 g/mol. The maximum absolute atomic E-state index is 10.6. The third kappa shape index (κ3) is 3.50. The second-order valence-electron chi connectivity index (χ2n) is 13.7. The molecule has 1 N–H and O–H groups in total. The molecule has 1 unspecified atom stereocenters. The Labute approximate surface area is 193 Å². The van der Waals surface area contributed by atoms with Gasteiger partial charge in [0.15, 0.2) is 0 Å². The molecular formula is C30H52O. The van der Waals surface area contributed by atoms with Crippen molar-refractivity contribution in [2.45, 2.75) is 119 Å². The molecule has 4 aliphatic carbocycles. The lowest BCUT2D eigenvalue weighted by molar-refractivity contribution is -0.0781. The van der Waals surface area contributed by atoms with Crippen LogP contribution in [0, 0.1) is 57.7 Å². The zero-order chi connectivity index (χ0) is 22.8. The Morgan fingerprint density at radius 1 is 0.935 bits per heavy atom. The van der Waals surface area contributed by atoms with Gasteiger partial charge in [0.25, 0.3) is 0 Å². The Morgan fingerprint density at radius 2 is 1.65 bits per heavy atom. The molecule has 10 atom stereocenters. The van der Waals surface area contributed by atoms with Crippen molar-refractivity contribution in [1.82, 2.24) is 0 Å². The van der Waals surface area contributed by atoms with E-state index in [1.165, 1.54) is 51.4 Å². The first kappa shape index (κ1) is 23.8. The lowest BCUT2D eigenvalue weighted by Gasteiger charge is -2.62. The van der Waals surface area contributed by atoms with Crippen molar-refractivity contribution in [3.05, 3.63) is 11.6 Å². The first-order valence-electron chi connectivity index (χ1n) is 13.8. The molecule has 0 amide bonds. The number of hydrogen-bond acceptors (Lipinski definition) is 1. The van der Waals surface area contributed by atoms with Crippen LogP contribution in [0.1, 0.15) is 113 Å². The first-order chi connectivity index (χ1) is 14.5. The predicted molar refractivity (Wildman–Crippen MR) is 133 cm³/mol. The third-order valence-electron chi connectivity index (χ3n) is 12.3. The Hall–Kier alpha value is -0.300. The summed E-state index contributed by atoms with van der Waals surface area (Å²) in [6.07, 6.45) is 14.5. The van der Waals surface area contributed by atoms with Crippen LogP contribution in [0.5, 0.6) is 0 Å². The van der Waals surface area contributed by atoms with Crippen molar-refractivity contribution in [2.24, 2.45) is 57.7 Å². The molecule has 0 aromatic carbocycles. The second-order valence-corrected chi connectivity index (χ2v) is 13.7. The van der Waals surface area contributed by atoms with Crippen LogP contribution in [0.4, 0.5) is 0 Å². The minimum Gasteiger partial charge on any atom is -0.393 e. The second kappa shape index (κ2) is 8.18. The molecule has 3 saturated carbocycles. The van der Waals surface area contributed by atoms with Gasteiger partial charge in [-0.1, -0.05) is 79.9 Å². The van der Waals surface area contributed by atoms with Gasteiger partial charge < -0.3 is 5.11 Å². The highest BCUT2D eigenvalue weighted by Gasteiger charge is 2.64. The summed E-state index contributed by atoms with van der Waals surface area (Å²) < 4.78 is 0. The smallest absolute Gasteiger partial charge is 0.0569 e. The molecule has 0 aromatic heterocycles. The summed E-state index contributed by atoms with van der Waals surface area (Å²) in [5.41, 5.74) is 3.09. The fourth-order valence-corrected chi connectivity index (χ4v) is 9.36. The van der Waals surface area contributed by atoms with Crippen LogP contribution in [0.3, 0.4) is 0 Å². The summed E-state index contributed by atoms with van der Waals surface area (Å²) in [5.74, 6) is 5.30. The van der Waals surface area contributed by atoms with Crippen LogP contribution in [0.25, 0.3) is 0 Å². The zero-order valence-electron chi connectivity index (χ0n) is 22.0.